The molecule has 4 nitrogen and oxygen atoms in total. The Bertz CT molecular complexity index is 792. The first-order valence-corrected chi connectivity index (χ1v) is 9.35. The highest BCUT2D eigenvalue weighted by Gasteiger charge is 2.14. The molecular formula is C18H20O4S. The van der Waals surface area contributed by atoms with Gasteiger partial charge in [0, 0.05) is 6.26 Å². The molecule has 0 amide bonds. The van der Waals surface area contributed by atoms with Gasteiger partial charge in [0.1, 0.15) is 6.10 Å². The standard InChI is InChI=1S/C18H20O4S/c1-13-5-4-6-17(11-13)14(2)22-18(19)16-9-7-15(8-10-16)12-23(3,20)21/h4-11,14H,12H2,1-3H3/t14-/m0/s1. The van der Waals surface area contributed by atoms with E-state index in [0.717, 1.165) is 11.1 Å². The molecule has 0 saturated carbocycles. The van der Waals surface area contributed by atoms with Gasteiger partial charge in [0.05, 0.1) is 11.3 Å². The third kappa shape index (κ3) is 5.21. The number of ether oxygens (including phenoxy) is 1. The van der Waals surface area contributed by atoms with E-state index in [1.54, 1.807) is 24.3 Å². The Labute approximate surface area is 137 Å². The van der Waals surface area contributed by atoms with Gasteiger partial charge in [-0.25, -0.2) is 13.2 Å². The molecule has 1 atom stereocenters. The maximum Gasteiger partial charge on any atom is 0.338 e. The molecule has 0 aromatic heterocycles. The zero-order chi connectivity index (χ0) is 17.0. The normalized spacial score (nSPS) is 12.7. The second-order valence-electron chi connectivity index (χ2n) is 5.73. The highest BCUT2D eigenvalue weighted by atomic mass is 32.2. The molecule has 122 valence electrons. The van der Waals surface area contributed by atoms with Gasteiger partial charge in [-0.2, -0.15) is 0 Å². The van der Waals surface area contributed by atoms with Crippen LogP contribution in [0.1, 0.15) is 40.1 Å². The van der Waals surface area contributed by atoms with E-state index in [1.165, 1.54) is 6.26 Å². The SMILES string of the molecule is Cc1cccc([C@H](C)OC(=O)c2ccc(CS(C)(=O)=O)cc2)c1. The summed E-state index contributed by atoms with van der Waals surface area (Å²) in [6.45, 7) is 3.81. The maximum absolute atomic E-state index is 12.2. The molecule has 0 aliphatic heterocycles. The van der Waals surface area contributed by atoms with Crippen molar-refractivity contribution >= 4 is 15.8 Å². The van der Waals surface area contributed by atoms with Crippen LogP contribution in [0.3, 0.4) is 0 Å². The number of carbonyl (C=O) groups is 1. The number of hydrogen-bond donors (Lipinski definition) is 0. The van der Waals surface area contributed by atoms with Crippen LogP contribution >= 0.6 is 0 Å². The van der Waals surface area contributed by atoms with Crippen molar-refractivity contribution in [2.75, 3.05) is 6.26 Å². The van der Waals surface area contributed by atoms with E-state index in [0.29, 0.717) is 11.1 Å². The number of carbonyl (C=O) groups excluding carboxylic acids is 1. The summed E-state index contributed by atoms with van der Waals surface area (Å²) in [6, 6.07) is 14.3. The molecule has 5 heteroatoms. The van der Waals surface area contributed by atoms with Crippen molar-refractivity contribution in [1.29, 1.82) is 0 Å². The van der Waals surface area contributed by atoms with Gasteiger partial charge in [0.2, 0.25) is 0 Å². The number of rotatable bonds is 5. The highest BCUT2D eigenvalue weighted by molar-refractivity contribution is 7.89. The summed E-state index contributed by atoms with van der Waals surface area (Å²) in [5.74, 6) is -0.466. The minimum Gasteiger partial charge on any atom is -0.454 e. The Morgan fingerprint density at radius 3 is 2.35 bits per heavy atom. The lowest BCUT2D eigenvalue weighted by Gasteiger charge is -2.14. The van der Waals surface area contributed by atoms with Crippen molar-refractivity contribution in [2.45, 2.75) is 25.7 Å². The van der Waals surface area contributed by atoms with E-state index in [1.807, 2.05) is 38.1 Å². The zero-order valence-electron chi connectivity index (χ0n) is 13.4. The molecule has 23 heavy (non-hydrogen) atoms. The number of aryl methyl sites for hydroxylation is 1. The Morgan fingerprint density at radius 1 is 1.13 bits per heavy atom. The average molecular weight is 332 g/mol. The summed E-state index contributed by atoms with van der Waals surface area (Å²) in [5.41, 5.74) is 3.10. The molecular weight excluding hydrogens is 312 g/mol. The Kier molecular flexibility index (Phi) is 5.21. The van der Waals surface area contributed by atoms with Crippen LogP contribution in [0.15, 0.2) is 48.5 Å². The van der Waals surface area contributed by atoms with Gasteiger partial charge in [-0.05, 0) is 37.1 Å². The minimum atomic E-state index is -3.09. The fraction of sp³-hybridized carbons (Fsp3) is 0.278. The van der Waals surface area contributed by atoms with Gasteiger partial charge in [-0.15, -0.1) is 0 Å². The quantitative estimate of drug-likeness (QED) is 0.787. The monoisotopic (exact) mass is 332 g/mol. The molecule has 0 bridgehead atoms. The second-order valence-corrected chi connectivity index (χ2v) is 7.87. The van der Waals surface area contributed by atoms with E-state index in [4.69, 9.17) is 4.74 Å². The Morgan fingerprint density at radius 2 is 1.78 bits per heavy atom. The van der Waals surface area contributed by atoms with Crippen molar-refractivity contribution in [3.05, 3.63) is 70.8 Å². The smallest absolute Gasteiger partial charge is 0.338 e. The summed E-state index contributed by atoms with van der Waals surface area (Å²) in [5, 5.41) is 0. The first-order chi connectivity index (χ1) is 10.7. The molecule has 2 rings (SSSR count). The summed E-state index contributed by atoms with van der Waals surface area (Å²) in [4.78, 5) is 12.2. The first kappa shape index (κ1) is 17.2. The largest absolute Gasteiger partial charge is 0.454 e. The van der Waals surface area contributed by atoms with Crippen molar-refractivity contribution in [1.82, 2.24) is 0 Å². The lowest BCUT2D eigenvalue weighted by Crippen LogP contribution is -2.09. The second kappa shape index (κ2) is 6.96. The molecule has 0 radical (unpaired) electrons. The molecule has 0 N–H and O–H groups in total. The van der Waals surface area contributed by atoms with E-state index < -0.39 is 15.8 Å². The molecule has 0 aliphatic carbocycles. The lowest BCUT2D eigenvalue weighted by atomic mass is 10.1. The van der Waals surface area contributed by atoms with Crippen molar-refractivity contribution in [3.63, 3.8) is 0 Å². The number of esters is 1. The molecule has 0 spiro atoms. The van der Waals surface area contributed by atoms with Crippen LogP contribution in [0.2, 0.25) is 0 Å². The predicted molar refractivity (Wildman–Crippen MR) is 90.0 cm³/mol. The van der Waals surface area contributed by atoms with Crippen LogP contribution < -0.4 is 0 Å². The Balaban J connectivity index is 2.06. The molecule has 0 heterocycles. The number of sulfone groups is 1. The van der Waals surface area contributed by atoms with Crippen molar-refractivity contribution < 1.29 is 17.9 Å². The summed E-state index contributed by atoms with van der Waals surface area (Å²) >= 11 is 0. The molecule has 2 aromatic carbocycles. The lowest BCUT2D eigenvalue weighted by molar-refractivity contribution is 0.0337. The van der Waals surface area contributed by atoms with Crippen LogP contribution in [0.4, 0.5) is 0 Å². The highest BCUT2D eigenvalue weighted by Crippen LogP contribution is 2.20. The van der Waals surface area contributed by atoms with Gasteiger partial charge in [-0.3, -0.25) is 0 Å². The summed E-state index contributed by atoms with van der Waals surface area (Å²) in [6.07, 6.45) is 0.830. The van der Waals surface area contributed by atoms with Gasteiger partial charge in [-0.1, -0.05) is 42.0 Å². The van der Waals surface area contributed by atoms with E-state index in [2.05, 4.69) is 0 Å². The fourth-order valence-corrected chi connectivity index (χ4v) is 3.06. The van der Waals surface area contributed by atoms with Crippen LogP contribution in [0.25, 0.3) is 0 Å². The van der Waals surface area contributed by atoms with Crippen LogP contribution in [-0.4, -0.2) is 20.6 Å². The number of benzene rings is 2. The van der Waals surface area contributed by atoms with Gasteiger partial charge in [0.15, 0.2) is 9.84 Å². The van der Waals surface area contributed by atoms with E-state index in [-0.39, 0.29) is 11.9 Å². The van der Waals surface area contributed by atoms with Crippen molar-refractivity contribution in [2.24, 2.45) is 0 Å². The third-order valence-corrected chi connectivity index (χ3v) is 4.27. The fourth-order valence-electron chi connectivity index (χ4n) is 2.26. The van der Waals surface area contributed by atoms with Gasteiger partial charge in [0.25, 0.3) is 0 Å². The molecule has 2 aromatic rings. The molecule has 0 unspecified atom stereocenters. The molecule has 0 fully saturated rings. The summed E-state index contributed by atoms with van der Waals surface area (Å²) in [7, 11) is -3.09. The Hall–Kier alpha value is -2.14. The topological polar surface area (TPSA) is 60.4 Å². The summed E-state index contributed by atoms with van der Waals surface area (Å²) < 4.78 is 28.0. The number of hydrogen-bond acceptors (Lipinski definition) is 4. The molecule has 0 saturated heterocycles. The van der Waals surface area contributed by atoms with Crippen LogP contribution in [0.5, 0.6) is 0 Å². The average Bonchev–Trinajstić information content (AvgIpc) is 2.46. The van der Waals surface area contributed by atoms with Crippen LogP contribution in [-0.2, 0) is 20.3 Å². The molecule has 0 aliphatic rings. The van der Waals surface area contributed by atoms with Gasteiger partial charge < -0.3 is 4.74 Å². The maximum atomic E-state index is 12.2. The zero-order valence-corrected chi connectivity index (χ0v) is 14.3. The van der Waals surface area contributed by atoms with Crippen LogP contribution in [0, 0.1) is 6.92 Å². The van der Waals surface area contributed by atoms with Gasteiger partial charge >= 0.3 is 5.97 Å². The van der Waals surface area contributed by atoms with E-state index >= 15 is 0 Å². The third-order valence-electron chi connectivity index (χ3n) is 3.41. The predicted octanol–water partition coefficient (Wildman–Crippen LogP) is 3.46. The van der Waals surface area contributed by atoms with Crippen molar-refractivity contribution in [3.8, 4) is 0 Å². The minimum absolute atomic E-state index is 0.0397. The van der Waals surface area contributed by atoms with E-state index in [9.17, 15) is 13.2 Å². The first-order valence-electron chi connectivity index (χ1n) is 7.29.